The molecule has 0 aromatic heterocycles. The molecule has 3 unspecified atom stereocenters. The number of likely N-dealkylation sites (tertiary alicyclic amines) is 1. The molecule has 18 heavy (non-hydrogen) atoms. The third-order valence-corrected chi connectivity index (χ3v) is 3.80. The Kier molecular flexibility index (Phi) is 4.41. The molecule has 2 nitrogen and oxygen atoms in total. The first-order valence-electron chi connectivity index (χ1n) is 7.01. The molecule has 0 spiro atoms. The summed E-state index contributed by atoms with van der Waals surface area (Å²) in [7, 11) is 0. The molecular formula is C16H25NO. The van der Waals surface area contributed by atoms with Crippen LogP contribution in [0.2, 0.25) is 0 Å². The first kappa shape index (κ1) is 13.6. The normalized spacial score (nSPS) is 27.1. The van der Waals surface area contributed by atoms with Crippen molar-refractivity contribution in [2.45, 2.75) is 33.3 Å². The maximum absolute atomic E-state index is 10.3. The number of hydrogen-bond donors (Lipinski definition) is 1. The van der Waals surface area contributed by atoms with Crippen molar-refractivity contribution in [2.24, 2.45) is 11.8 Å². The maximum Gasteiger partial charge on any atom is 0.0917 e. The molecule has 0 amide bonds. The summed E-state index contributed by atoms with van der Waals surface area (Å²) in [5, 5.41) is 10.3. The van der Waals surface area contributed by atoms with Crippen LogP contribution in [-0.4, -0.2) is 29.6 Å². The Morgan fingerprint density at radius 2 is 1.94 bits per heavy atom. The molecule has 0 aliphatic carbocycles. The highest BCUT2D eigenvalue weighted by Gasteiger charge is 2.23. The summed E-state index contributed by atoms with van der Waals surface area (Å²) in [4.78, 5) is 2.41. The molecule has 2 rings (SSSR count). The van der Waals surface area contributed by atoms with Crippen LogP contribution in [0.3, 0.4) is 0 Å². The Balaban J connectivity index is 1.96. The van der Waals surface area contributed by atoms with Crippen molar-refractivity contribution < 1.29 is 5.11 Å². The van der Waals surface area contributed by atoms with Gasteiger partial charge in [-0.1, -0.05) is 43.7 Å². The van der Waals surface area contributed by atoms with Gasteiger partial charge in [0.1, 0.15) is 0 Å². The van der Waals surface area contributed by atoms with E-state index in [4.69, 9.17) is 0 Å². The lowest BCUT2D eigenvalue weighted by Crippen LogP contribution is -2.40. The molecule has 1 heterocycles. The molecule has 3 atom stereocenters. The van der Waals surface area contributed by atoms with Gasteiger partial charge in [0.2, 0.25) is 0 Å². The van der Waals surface area contributed by atoms with Gasteiger partial charge in [-0.3, -0.25) is 4.90 Å². The molecule has 1 N–H and O–H groups in total. The van der Waals surface area contributed by atoms with Gasteiger partial charge in [0, 0.05) is 19.6 Å². The fraction of sp³-hybridized carbons (Fsp3) is 0.625. The summed E-state index contributed by atoms with van der Waals surface area (Å²) in [5.74, 6) is 1.50. The number of piperidine rings is 1. The maximum atomic E-state index is 10.3. The first-order chi connectivity index (χ1) is 8.54. The van der Waals surface area contributed by atoms with Crippen LogP contribution in [0, 0.1) is 18.8 Å². The zero-order valence-corrected chi connectivity index (χ0v) is 11.8. The summed E-state index contributed by atoms with van der Waals surface area (Å²) in [6, 6.07) is 8.20. The molecule has 1 saturated heterocycles. The highest BCUT2D eigenvalue weighted by Crippen LogP contribution is 2.23. The second-order valence-electron chi connectivity index (χ2n) is 6.09. The number of benzene rings is 1. The summed E-state index contributed by atoms with van der Waals surface area (Å²) >= 11 is 0. The Morgan fingerprint density at radius 1 is 1.28 bits per heavy atom. The Hall–Kier alpha value is -0.860. The van der Waals surface area contributed by atoms with E-state index in [1.165, 1.54) is 12.0 Å². The molecule has 2 heteroatoms. The van der Waals surface area contributed by atoms with E-state index in [1.54, 1.807) is 0 Å². The van der Waals surface area contributed by atoms with Crippen LogP contribution in [-0.2, 0) is 0 Å². The van der Waals surface area contributed by atoms with E-state index in [0.29, 0.717) is 0 Å². The number of aliphatic hydroxyl groups excluding tert-OH is 1. The van der Waals surface area contributed by atoms with E-state index in [1.807, 2.05) is 12.1 Å². The average molecular weight is 247 g/mol. The smallest absolute Gasteiger partial charge is 0.0917 e. The Bertz CT molecular complexity index is 380. The van der Waals surface area contributed by atoms with E-state index >= 15 is 0 Å². The predicted molar refractivity (Wildman–Crippen MR) is 75.5 cm³/mol. The van der Waals surface area contributed by atoms with Crippen molar-refractivity contribution in [1.29, 1.82) is 0 Å². The fourth-order valence-corrected chi connectivity index (χ4v) is 3.17. The number of rotatable bonds is 3. The molecule has 0 saturated carbocycles. The average Bonchev–Trinajstić information content (AvgIpc) is 2.27. The first-order valence-corrected chi connectivity index (χ1v) is 7.01. The van der Waals surface area contributed by atoms with Crippen molar-refractivity contribution in [3.63, 3.8) is 0 Å². The second kappa shape index (κ2) is 5.85. The molecule has 1 aliphatic rings. The van der Waals surface area contributed by atoms with Crippen molar-refractivity contribution in [3.8, 4) is 0 Å². The van der Waals surface area contributed by atoms with E-state index in [9.17, 15) is 5.11 Å². The van der Waals surface area contributed by atoms with E-state index in [-0.39, 0.29) is 6.10 Å². The van der Waals surface area contributed by atoms with Gasteiger partial charge in [-0.15, -0.1) is 0 Å². The van der Waals surface area contributed by atoms with Gasteiger partial charge < -0.3 is 5.11 Å². The largest absolute Gasteiger partial charge is 0.387 e. The molecule has 0 radical (unpaired) electrons. The van der Waals surface area contributed by atoms with Gasteiger partial charge in [0.15, 0.2) is 0 Å². The SMILES string of the molecule is Cc1cccc(C(O)CN2CC(C)CC(C)C2)c1. The predicted octanol–water partition coefficient (Wildman–Crippen LogP) is 3.01. The number of nitrogens with zero attached hydrogens (tertiary/aromatic N) is 1. The van der Waals surface area contributed by atoms with Crippen molar-refractivity contribution >= 4 is 0 Å². The Labute approximate surface area is 111 Å². The minimum atomic E-state index is -0.359. The number of aliphatic hydroxyl groups is 1. The molecule has 1 fully saturated rings. The minimum Gasteiger partial charge on any atom is -0.387 e. The van der Waals surface area contributed by atoms with Crippen LogP contribution in [0.1, 0.15) is 37.5 Å². The number of aryl methyl sites for hydroxylation is 1. The quantitative estimate of drug-likeness (QED) is 0.887. The lowest BCUT2D eigenvalue weighted by molar-refractivity contribution is 0.0699. The van der Waals surface area contributed by atoms with Crippen molar-refractivity contribution in [3.05, 3.63) is 35.4 Å². The fourth-order valence-electron chi connectivity index (χ4n) is 3.17. The monoisotopic (exact) mass is 247 g/mol. The van der Waals surface area contributed by atoms with Crippen LogP contribution in [0.5, 0.6) is 0 Å². The number of hydrogen-bond acceptors (Lipinski definition) is 2. The highest BCUT2D eigenvalue weighted by atomic mass is 16.3. The molecule has 100 valence electrons. The van der Waals surface area contributed by atoms with Gasteiger partial charge in [-0.05, 0) is 30.7 Å². The van der Waals surface area contributed by atoms with Crippen molar-refractivity contribution in [1.82, 2.24) is 4.90 Å². The number of β-amino-alcohol motifs (C(OH)–C–C–N with tert-alkyl or cyclic N) is 1. The van der Waals surface area contributed by atoms with E-state index < -0.39 is 0 Å². The zero-order valence-electron chi connectivity index (χ0n) is 11.8. The van der Waals surface area contributed by atoms with Gasteiger partial charge >= 0.3 is 0 Å². The molecule has 1 aromatic carbocycles. The lowest BCUT2D eigenvalue weighted by atomic mass is 9.91. The second-order valence-corrected chi connectivity index (χ2v) is 6.09. The van der Waals surface area contributed by atoms with Crippen molar-refractivity contribution in [2.75, 3.05) is 19.6 Å². The third kappa shape index (κ3) is 3.56. The third-order valence-electron chi connectivity index (χ3n) is 3.80. The van der Waals surface area contributed by atoms with Gasteiger partial charge in [-0.2, -0.15) is 0 Å². The molecular weight excluding hydrogens is 222 g/mol. The van der Waals surface area contributed by atoms with Gasteiger partial charge in [0.05, 0.1) is 6.10 Å². The summed E-state index contributed by atoms with van der Waals surface area (Å²) in [6.07, 6.45) is 0.958. The summed E-state index contributed by atoms with van der Waals surface area (Å²) in [6.45, 7) is 9.68. The molecule has 1 aliphatic heterocycles. The zero-order chi connectivity index (χ0) is 13.1. The summed E-state index contributed by atoms with van der Waals surface area (Å²) < 4.78 is 0. The van der Waals surface area contributed by atoms with Crippen LogP contribution < -0.4 is 0 Å². The van der Waals surface area contributed by atoms with E-state index in [0.717, 1.165) is 37.0 Å². The molecule has 1 aromatic rings. The topological polar surface area (TPSA) is 23.5 Å². The lowest BCUT2D eigenvalue weighted by Gasteiger charge is -2.36. The minimum absolute atomic E-state index is 0.359. The van der Waals surface area contributed by atoms with Crippen LogP contribution in [0.25, 0.3) is 0 Å². The van der Waals surface area contributed by atoms with Crippen LogP contribution in [0.15, 0.2) is 24.3 Å². The summed E-state index contributed by atoms with van der Waals surface area (Å²) in [5.41, 5.74) is 2.26. The highest BCUT2D eigenvalue weighted by molar-refractivity contribution is 5.24. The van der Waals surface area contributed by atoms with Gasteiger partial charge in [-0.25, -0.2) is 0 Å². The molecule has 0 bridgehead atoms. The standard InChI is InChI=1S/C16H25NO/c1-12-5-4-6-15(8-12)16(18)11-17-9-13(2)7-14(3)10-17/h4-6,8,13-14,16,18H,7,9-11H2,1-3H3. The van der Waals surface area contributed by atoms with Crippen LogP contribution in [0.4, 0.5) is 0 Å². The van der Waals surface area contributed by atoms with Gasteiger partial charge in [0.25, 0.3) is 0 Å². The van der Waals surface area contributed by atoms with Crippen LogP contribution >= 0.6 is 0 Å². The van der Waals surface area contributed by atoms with E-state index in [2.05, 4.69) is 37.8 Å². The Morgan fingerprint density at radius 3 is 2.56 bits per heavy atom.